The number of ether oxygens (including phenoxy) is 2. The number of benzene rings is 1. The van der Waals surface area contributed by atoms with E-state index in [1.807, 2.05) is 17.9 Å². The molecular weight excluding hydrogens is 368 g/mol. The van der Waals surface area contributed by atoms with Gasteiger partial charge in [-0.25, -0.2) is 4.99 Å². The molecule has 2 aliphatic heterocycles. The summed E-state index contributed by atoms with van der Waals surface area (Å²) in [5.74, 6) is 1.98. The van der Waals surface area contributed by atoms with Crippen LogP contribution in [0, 0.1) is 6.92 Å². The first kappa shape index (κ1) is 21.4. The van der Waals surface area contributed by atoms with Gasteiger partial charge in [-0.05, 0) is 50.8 Å². The van der Waals surface area contributed by atoms with E-state index in [0.29, 0.717) is 32.8 Å². The normalized spacial score (nSPS) is 20.1. The predicted octanol–water partition coefficient (Wildman–Crippen LogP) is 2.18. The minimum atomic E-state index is -0.230. The Morgan fingerprint density at radius 1 is 1.24 bits per heavy atom. The average Bonchev–Trinajstić information content (AvgIpc) is 3.27. The molecule has 0 aromatic heterocycles. The minimum Gasteiger partial charge on any atom is -0.494 e. The molecule has 1 atom stereocenters. The van der Waals surface area contributed by atoms with Crippen LogP contribution in [0.4, 0.5) is 0 Å². The zero-order valence-corrected chi connectivity index (χ0v) is 17.9. The number of carbonyl (C=O) groups excluding carboxylic acids is 1. The van der Waals surface area contributed by atoms with Crippen molar-refractivity contribution in [2.24, 2.45) is 4.99 Å². The topological polar surface area (TPSA) is 66.4 Å². The molecule has 0 spiro atoms. The van der Waals surface area contributed by atoms with Gasteiger partial charge in [0.1, 0.15) is 11.9 Å². The van der Waals surface area contributed by atoms with E-state index < -0.39 is 0 Å². The van der Waals surface area contributed by atoms with Crippen molar-refractivity contribution in [1.29, 1.82) is 0 Å². The molecule has 1 amide bonds. The third-order valence-corrected chi connectivity index (χ3v) is 5.38. The maximum absolute atomic E-state index is 12.5. The molecule has 7 heteroatoms. The lowest BCUT2D eigenvalue weighted by Crippen LogP contribution is -2.55. The van der Waals surface area contributed by atoms with Crippen LogP contribution < -0.4 is 10.1 Å². The van der Waals surface area contributed by atoms with Crippen molar-refractivity contribution < 1.29 is 14.3 Å². The maximum Gasteiger partial charge on any atom is 0.251 e. The Bertz CT molecular complexity index is 708. The monoisotopic (exact) mass is 402 g/mol. The summed E-state index contributed by atoms with van der Waals surface area (Å²) < 4.78 is 11.2. The highest BCUT2D eigenvalue weighted by Crippen LogP contribution is 2.20. The number of hydrogen-bond acceptors (Lipinski definition) is 4. The minimum absolute atomic E-state index is 0.147. The van der Waals surface area contributed by atoms with Gasteiger partial charge in [-0.2, -0.15) is 0 Å². The van der Waals surface area contributed by atoms with Gasteiger partial charge < -0.3 is 24.6 Å². The van der Waals surface area contributed by atoms with Crippen molar-refractivity contribution >= 4 is 11.9 Å². The van der Waals surface area contributed by atoms with Crippen molar-refractivity contribution in [3.63, 3.8) is 0 Å². The Morgan fingerprint density at radius 2 is 2.00 bits per heavy atom. The molecule has 2 saturated heterocycles. The summed E-state index contributed by atoms with van der Waals surface area (Å²) in [7, 11) is 0. The van der Waals surface area contributed by atoms with E-state index >= 15 is 0 Å². The third-order valence-electron chi connectivity index (χ3n) is 5.38. The summed E-state index contributed by atoms with van der Waals surface area (Å²) in [4.78, 5) is 21.6. The molecule has 2 aliphatic rings. The van der Waals surface area contributed by atoms with Gasteiger partial charge in [-0.1, -0.05) is 12.1 Å². The first-order valence-electron chi connectivity index (χ1n) is 10.8. The number of amides is 1. The predicted molar refractivity (Wildman–Crippen MR) is 114 cm³/mol. The van der Waals surface area contributed by atoms with Crippen LogP contribution in [-0.4, -0.2) is 73.7 Å². The largest absolute Gasteiger partial charge is 0.494 e. The summed E-state index contributed by atoms with van der Waals surface area (Å²) in [6, 6.07) is 6.23. The molecule has 1 aromatic rings. The van der Waals surface area contributed by atoms with Gasteiger partial charge in [0.05, 0.1) is 13.2 Å². The van der Waals surface area contributed by atoms with E-state index in [-0.39, 0.29) is 12.0 Å². The van der Waals surface area contributed by atoms with E-state index in [0.717, 1.165) is 55.3 Å². The van der Waals surface area contributed by atoms with Gasteiger partial charge >= 0.3 is 0 Å². The second kappa shape index (κ2) is 10.5. The van der Waals surface area contributed by atoms with E-state index in [2.05, 4.69) is 36.2 Å². The number of nitrogens with one attached hydrogen (secondary N) is 1. The Morgan fingerprint density at radius 3 is 2.62 bits per heavy atom. The molecule has 0 aliphatic carbocycles. The van der Waals surface area contributed by atoms with E-state index in [9.17, 15) is 4.79 Å². The molecular formula is C22H34N4O3. The smallest absolute Gasteiger partial charge is 0.251 e. The van der Waals surface area contributed by atoms with Crippen molar-refractivity contribution in [3.8, 4) is 5.75 Å². The maximum atomic E-state index is 12.5. The highest BCUT2D eigenvalue weighted by Gasteiger charge is 2.30. The average molecular weight is 403 g/mol. The first-order valence-corrected chi connectivity index (χ1v) is 10.8. The third kappa shape index (κ3) is 5.63. The van der Waals surface area contributed by atoms with Crippen molar-refractivity contribution in [2.45, 2.75) is 46.3 Å². The molecule has 0 bridgehead atoms. The molecule has 1 N–H and O–H groups in total. The number of carbonyl (C=O) groups is 1. The van der Waals surface area contributed by atoms with Gasteiger partial charge in [0.15, 0.2) is 5.96 Å². The fraction of sp³-hybridized carbons (Fsp3) is 0.636. The second-order valence-electron chi connectivity index (χ2n) is 7.52. The summed E-state index contributed by atoms with van der Waals surface area (Å²) in [5.41, 5.74) is 2.29. The Hall–Kier alpha value is -2.28. The van der Waals surface area contributed by atoms with Crippen LogP contribution in [0.1, 0.15) is 37.8 Å². The highest BCUT2D eigenvalue weighted by atomic mass is 16.5. The molecule has 1 unspecified atom stereocenters. The fourth-order valence-electron chi connectivity index (χ4n) is 3.83. The Balaban J connectivity index is 1.58. The van der Waals surface area contributed by atoms with Gasteiger partial charge in [-0.15, -0.1) is 0 Å². The van der Waals surface area contributed by atoms with Crippen molar-refractivity contribution in [3.05, 3.63) is 29.3 Å². The number of piperazine rings is 1. The van der Waals surface area contributed by atoms with Gasteiger partial charge in [-0.3, -0.25) is 4.79 Å². The number of aryl methyl sites for hydroxylation is 1. The molecule has 3 rings (SSSR count). The number of rotatable bonds is 6. The number of guanidine groups is 1. The second-order valence-corrected chi connectivity index (χ2v) is 7.52. The van der Waals surface area contributed by atoms with Gasteiger partial charge in [0, 0.05) is 39.3 Å². The lowest BCUT2D eigenvalue weighted by molar-refractivity contribution is -0.142. The van der Waals surface area contributed by atoms with Crippen LogP contribution in [0.15, 0.2) is 23.2 Å². The molecule has 2 fully saturated rings. The molecule has 160 valence electrons. The molecule has 0 radical (unpaired) electrons. The van der Waals surface area contributed by atoms with Gasteiger partial charge in [0.2, 0.25) is 0 Å². The summed E-state index contributed by atoms with van der Waals surface area (Å²) in [6.45, 7) is 11.9. The SMILES string of the molecule is CCNC(=NCc1ccc(OCC)c(C)c1)N1CCN(C(=O)C2CCCO2)CC1. The standard InChI is InChI=1S/C22H34N4O3/c1-4-23-22(24-16-18-8-9-19(28-5-2)17(3)15-18)26-12-10-25(11-13-26)21(27)20-7-6-14-29-20/h8-9,15,20H,4-7,10-14,16H2,1-3H3,(H,23,24). The number of nitrogens with zero attached hydrogens (tertiary/aromatic N) is 3. The zero-order chi connectivity index (χ0) is 20.6. The van der Waals surface area contributed by atoms with Crippen molar-refractivity contribution in [1.82, 2.24) is 15.1 Å². The quantitative estimate of drug-likeness (QED) is 0.584. The van der Waals surface area contributed by atoms with Crippen LogP contribution in [0.5, 0.6) is 5.75 Å². The molecule has 0 saturated carbocycles. The van der Waals surface area contributed by atoms with Crippen LogP contribution in [-0.2, 0) is 16.1 Å². The van der Waals surface area contributed by atoms with Crippen LogP contribution in [0.3, 0.4) is 0 Å². The van der Waals surface area contributed by atoms with Crippen LogP contribution in [0.2, 0.25) is 0 Å². The van der Waals surface area contributed by atoms with Crippen LogP contribution in [0.25, 0.3) is 0 Å². The fourth-order valence-corrected chi connectivity index (χ4v) is 3.83. The Kier molecular flexibility index (Phi) is 7.75. The molecule has 29 heavy (non-hydrogen) atoms. The highest BCUT2D eigenvalue weighted by molar-refractivity contribution is 5.82. The lowest BCUT2D eigenvalue weighted by atomic mass is 10.1. The van der Waals surface area contributed by atoms with Gasteiger partial charge in [0.25, 0.3) is 5.91 Å². The Labute approximate surface area is 174 Å². The number of aliphatic imine (C=N–C) groups is 1. The van der Waals surface area contributed by atoms with E-state index in [1.54, 1.807) is 0 Å². The summed E-state index contributed by atoms with van der Waals surface area (Å²) >= 11 is 0. The molecule has 2 heterocycles. The lowest BCUT2D eigenvalue weighted by Gasteiger charge is -2.37. The zero-order valence-electron chi connectivity index (χ0n) is 17.9. The van der Waals surface area contributed by atoms with E-state index in [1.165, 1.54) is 0 Å². The summed E-state index contributed by atoms with van der Waals surface area (Å²) in [6.07, 6.45) is 1.61. The number of hydrogen-bond donors (Lipinski definition) is 1. The summed E-state index contributed by atoms with van der Waals surface area (Å²) in [5, 5.41) is 3.39. The van der Waals surface area contributed by atoms with Crippen LogP contribution >= 0.6 is 0 Å². The first-order chi connectivity index (χ1) is 14.1. The van der Waals surface area contributed by atoms with E-state index in [4.69, 9.17) is 14.5 Å². The van der Waals surface area contributed by atoms with Crippen molar-refractivity contribution in [2.75, 3.05) is 45.9 Å². The molecule has 7 nitrogen and oxygen atoms in total. The molecule has 1 aromatic carbocycles.